The molecule has 1 atom stereocenters. The van der Waals surface area contributed by atoms with Crippen LogP contribution in [-0.2, 0) is 14.4 Å². The number of hydrogen-bond donors (Lipinski definition) is 3. The highest BCUT2D eigenvalue weighted by atomic mass is 16.5. The van der Waals surface area contributed by atoms with Gasteiger partial charge in [-0.05, 0) is 43.7 Å². The van der Waals surface area contributed by atoms with Gasteiger partial charge in [0.25, 0.3) is 0 Å². The second kappa shape index (κ2) is 11.1. The van der Waals surface area contributed by atoms with Crippen molar-refractivity contribution in [3.05, 3.63) is 47.5 Å². The fourth-order valence-corrected chi connectivity index (χ4v) is 5.15. The summed E-state index contributed by atoms with van der Waals surface area (Å²) in [6, 6.07) is 10.6. The first kappa shape index (κ1) is 25.7. The molecule has 1 amide bonds. The van der Waals surface area contributed by atoms with Gasteiger partial charge in [0.05, 0.1) is 0 Å². The number of nitrogens with one attached hydrogen (secondary N) is 1. The molecule has 1 aliphatic carbocycles. The van der Waals surface area contributed by atoms with E-state index < -0.39 is 11.9 Å². The SMILES string of the molecule is CC(=O)Oc1ccc2c(c1)Oc1cc(OC(C)=O)ccc1C2C1CCC(C(=O)NCC(N)CN)CC1. The summed E-state index contributed by atoms with van der Waals surface area (Å²) in [6.07, 6.45) is 3.27. The summed E-state index contributed by atoms with van der Waals surface area (Å²) in [5.74, 6) is 1.45. The van der Waals surface area contributed by atoms with Crippen molar-refractivity contribution in [2.45, 2.75) is 51.5 Å². The van der Waals surface area contributed by atoms with E-state index in [0.717, 1.165) is 36.8 Å². The molecule has 1 heterocycles. The third kappa shape index (κ3) is 5.85. The second-order valence-corrected chi connectivity index (χ2v) is 9.52. The van der Waals surface area contributed by atoms with Crippen LogP contribution in [0.25, 0.3) is 0 Å². The average molecular weight is 496 g/mol. The fraction of sp³-hybridized carbons (Fsp3) is 0.444. The molecule has 9 nitrogen and oxygen atoms in total. The van der Waals surface area contributed by atoms with Crippen molar-refractivity contribution in [3.63, 3.8) is 0 Å². The predicted molar refractivity (Wildman–Crippen MR) is 133 cm³/mol. The quantitative estimate of drug-likeness (QED) is 0.393. The number of fused-ring (bicyclic) bond motifs is 2. The van der Waals surface area contributed by atoms with Crippen LogP contribution in [0.4, 0.5) is 0 Å². The van der Waals surface area contributed by atoms with Crippen LogP contribution < -0.4 is 31.0 Å². The standard InChI is InChI=1S/C27H33N3O6/c1-15(31)34-20-7-9-22-24(11-20)36-25-12-21(35-16(2)32)8-10-23(25)26(22)17-3-5-18(6-4-17)27(33)30-14-19(29)13-28/h7-12,17-19,26H,3-6,13-14,28-29H2,1-2H3,(H,30,33). The lowest BCUT2D eigenvalue weighted by atomic mass is 9.70. The molecule has 2 aromatic rings. The first-order valence-electron chi connectivity index (χ1n) is 12.3. The molecule has 1 saturated carbocycles. The second-order valence-electron chi connectivity index (χ2n) is 9.52. The van der Waals surface area contributed by atoms with Crippen molar-refractivity contribution in [2.24, 2.45) is 23.3 Å². The van der Waals surface area contributed by atoms with E-state index >= 15 is 0 Å². The van der Waals surface area contributed by atoms with Gasteiger partial charge in [0.15, 0.2) is 0 Å². The van der Waals surface area contributed by atoms with Gasteiger partial charge in [0.2, 0.25) is 5.91 Å². The Morgan fingerprint density at radius 3 is 1.94 bits per heavy atom. The Kier molecular flexibility index (Phi) is 7.91. The Bertz CT molecular complexity index is 1080. The van der Waals surface area contributed by atoms with Crippen LogP contribution in [0.1, 0.15) is 56.6 Å². The van der Waals surface area contributed by atoms with E-state index in [2.05, 4.69) is 5.32 Å². The third-order valence-electron chi connectivity index (χ3n) is 6.84. The molecule has 2 aliphatic rings. The van der Waals surface area contributed by atoms with Crippen LogP contribution in [-0.4, -0.2) is 37.0 Å². The molecular formula is C27H33N3O6. The lowest BCUT2D eigenvalue weighted by Gasteiger charge is -2.37. The first-order chi connectivity index (χ1) is 17.2. The van der Waals surface area contributed by atoms with Crippen molar-refractivity contribution in [1.29, 1.82) is 0 Å². The van der Waals surface area contributed by atoms with Crippen LogP contribution in [0.3, 0.4) is 0 Å². The molecule has 5 N–H and O–H groups in total. The number of benzene rings is 2. The predicted octanol–water partition coefficient (Wildman–Crippen LogP) is 2.98. The summed E-state index contributed by atoms with van der Waals surface area (Å²) >= 11 is 0. The van der Waals surface area contributed by atoms with Crippen LogP contribution in [0.15, 0.2) is 36.4 Å². The summed E-state index contributed by atoms with van der Waals surface area (Å²) < 4.78 is 16.7. The maximum absolute atomic E-state index is 12.6. The molecule has 0 radical (unpaired) electrons. The van der Waals surface area contributed by atoms with E-state index in [1.54, 1.807) is 24.3 Å². The van der Waals surface area contributed by atoms with Crippen LogP contribution in [0.2, 0.25) is 0 Å². The number of carbonyl (C=O) groups excluding carboxylic acids is 3. The lowest BCUT2D eigenvalue weighted by Crippen LogP contribution is -2.44. The molecule has 1 aliphatic heterocycles. The summed E-state index contributed by atoms with van der Waals surface area (Å²) in [4.78, 5) is 35.6. The lowest BCUT2D eigenvalue weighted by molar-refractivity contribution is -0.132. The Balaban J connectivity index is 1.58. The number of ether oxygens (including phenoxy) is 3. The van der Waals surface area contributed by atoms with Gasteiger partial charge in [-0.2, -0.15) is 0 Å². The van der Waals surface area contributed by atoms with Gasteiger partial charge in [0, 0.05) is 68.1 Å². The Labute approximate surface area is 210 Å². The number of rotatable bonds is 7. The number of amides is 1. The minimum absolute atomic E-state index is 0.0242. The molecule has 0 aromatic heterocycles. The Morgan fingerprint density at radius 1 is 0.944 bits per heavy atom. The van der Waals surface area contributed by atoms with Gasteiger partial charge in [-0.1, -0.05) is 12.1 Å². The molecule has 2 aromatic carbocycles. The van der Waals surface area contributed by atoms with E-state index in [1.165, 1.54) is 13.8 Å². The normalized spacial score (nSPS) is 19.8. The molecule has 0 spiro atoms. The zero-order valence-corrected chi connectivity index (χ0v) is 20.6. The van der Waals surface area contributed by atoms with Crippen molar-refractivity contribution in [3.8, 4) is 23.0 Å². The third-order valence-corrected chi connectivity index (χ3v) is 6.84. The highest BCUT2D eigenvalue weighted by molar-refractivity contribution is 5.78. The minimum atomic E-state index is -0.413. The molecule has 9 heteroatoms. The van der Waals surface area contributed by atoms with Crippen LogP contribution in [0, 0.1) is 11.8 Å². The first-order valence-corrected chi connectivity index (χ1v) is 12.3. The zero-order valence-electron chi connectivity index (χ0n) is 20.6. The summed E-state index contributed by atoms with van der Waals surface area (Å²) in [7, 11) is 0. The summed E-state index contributed by atoms with van der Waals surface area (Å²) in [6.45, 7) is 3.41. The highest BCUT2D eigenvalue weighted by Gasteiger charge is 2.37. The molecule has 192 valence electrons. The van der Waals surface area contributed by atoms with Crippen molar-refractivity contribution in [1.82, 2.24) is 5.32 Å². The van der Waals surface area contributed by atoms with E-state index in [9.17, 15) is 14.4 Å². The van der Waals surface area contributed by atoms with Gasteiger partial charge in [-0.3, -0.25) is 14.4 Å². The molecular weight excluding hydrogens is 462 g/mol. The molecule has 0 bridgehead atoms. The number of esters is 2. The van der Waals surface area contributed by atoms with Crippen LogP contribution in [0.5, 0.6) is 23.0 Å². The van der Waals surface area contributed by atoms with Crippen molar-refractivity contribution in [2.75, 3.05) is 13.1 Å². The van der Waals surface area contributed by atoms with Gasteiger partial charge in [0.1, 0.15) is 23.0 Å². The maximum Gasteiger partial charge on any atom is 0.308 e. The zero-order chi connectivity index (χ0) is 25.8. The van der Waals surface area contributed by atoms with E-state index in [1.807, 2.05) is 12.1 Å². The monoisotopic (exact) mass is 495 g/mol. The van der Waals surface area contributed by atoms with Crippen LogP contribution >= 0.6 is 0 Å². The molecule has 0 saturated heterocycles. The Morgan fingerprint density at radius 2 is 1.47 bits per heavy atom. The number of carbonyl (C=O) groups is 3. The van der Waals surface area contributed by atoms with Gasteiger partial charge in [-0.25, -0.2) is 0 Å². The summed E-state index contributed by atoms with van der Waals surface area (Å²) in [5.41, 5.74) is 13.4. The molecule has 4 rings (SSSR count). The van der Waals surface area contributed by atoms with E-state index in [4.69, 9.17) is 25.7 Å². The maximum atomic E-state index is 12.6. The number of hydrogen-bond acceptors (Lipinski definition) is 8. The summed E-state index contributed by atoms with van der Waals surface area (Å²) in [5, 5.41) is 2.93. The van der Waals surface area contributed by atoms with E-state index in [0.29, 0.717) is 36.1 Å². The van der Waals surface area contributed by atoms with Crippen molar-refractivity contribution >= 4 is 17.8 Å². The molecule has 1 unspecified atom stereocenters. The average Bonchev–Trinajstić information content (AvgIpc) is 2.84. The Hall–Kier alpha value is -3.43. The van der Waals surface area contributed by atoms with Crippen molar-refractivity contribution < 1.29 is 28.6 Å². The molecule has 1 fully saturated rings. The highest BCUT2D eigenvalue weighted by Crippen LogP contribution is 2.52. The van der Waals surface area contributed by atoms with Gasteiger partial charge >= 0.3 is 11.9 Å². The molecule has 36 heavy (non-hydrogen) atoms. The fourth-order valence-electron chi connectivity index (χ4n) is 5.15. The topological polar surface area (TPSA) is 143 Å². The number of nitrogens with two attached hydrogens (primary N) is 2. The largest absolute Gasteiger partial charge is 0.456 e. The minimum Gasteiger partial charge on any atom is -0.456 e. The smallest absolute Gasteiger partial charge is 0.308 e. The van der Waals surface area contributed by atoms with Gasteiger partial charge in [-0.15, -0.1) is 0 Å². The van der Waals surface area contributed by atoms with Gasteiger partial charge < -0.3 is 31.0 Å². The van der Waals surface area contributed by atoms with E-state index in [-0.39, 0.29) is 29.7 Å².